The maximum Gasteiger partial charge on any atom is 0.407 e. The lowest BCUT2D eigenvalue weighted by Crippen LogP contribution is -2.52. The molecule has 1 fully saturated rings. The van der Waals surface area contributed by atoms with E-state index < -0.39 is 30.1 Å². The Labute approximate surface area is 203 Å². The number of ether oxygens (including phenoxy) is 1. The number of carboxylic acids is 1. The van der Waals surface area contributed by atoms with Gasteiger partial charge in [0.25, 0.3) is 0 Å². The number of amides is 2. The first-order valence-corrected chi connectivity index (χ1v) is 13.0. The number of benzene rings is 2. The van der Waals surface area contributed by atoms with Crippen LogP contribution in [0.15, 0.2) is 48.5 Å². The van der Waals surface area contributed by atoms with E-state index in [9.17, 15) is 19.5 Å². The first-order chi connectivity index (χ1) is 16.5. The number of hydrogen-bond donors (Lipinski definition) is 3. The van der Waals surface area contributed by atoms with Gasteiger partial charge in [-0.2, -0.15) is 11.8 Å². The van der Waals surface area contributed by atoms with Crippen LogP contribution < -0.4 is 10.6 Å². The summed E-state index contributed by atoms with van der Waals surface area (Å²) in [5, 5.41) is 14.7. The number of nitrogens with one attached hydrogen (secondary N) is 2. The third kappa shape index (κ3) is 5.73. The average molecular weight is 483 g/mol. The Hall–Kier alpha value is -3.00. The van der Waals surface area contributed by atoms with Crippen LogP contribution in [-0.2, 0) is 14.3 Å². The zero-order chi connectivity index (χ0) is 24.1. The Morgan fingerprint density at radius 1 is 1.00 bits per heavy atom. The smallest absolute Gasteiger partial charge is 0.407 e. The molecule has 2 aliphatic rings. The molecule has 2 aliphatic carbocycles. The minimum Gasteiger partial charge on any atom is -0.480 e. The molecule has 0 bridgehead atoms. The molecule has 2 aromatic rings. The van der Waals surface area contributed by atoms with E-state index in [1.54, 1.807) is 0 Å². The number of hydrogen-bond acceptors (Lipinski definition) is 5. The minimum absolute atomic E-state index is 0.0724. The van der Waals surface area contributed by atoms with E-state index in [1.807, 2.05) is 42.7 Å². The molecule has 0 heterocycles. The van der Waals surface area contributed by atoms with E-state index in [2.05, 4.69) is 22.8 Å². The van der Waals surface area contributed by atoms with Crippen LogP contribution in [0, 0.1) is 5.92 Å². The van der Waals surface area contributed by atoms with Crippen molar-refractivity contribution in [1.29, 1.82) is 0 Å². The van der Waals surface area contributed by atoms with Crippen molar-refractivity contribution in [1.82, 2.24) is 10.6 Å². The quantitative estimate of drug-likeness (QED) is 0.447. The van der Waals surface area contributed by atoms with Gasteiger partial charge in [-0.1, -0.05) is 61.4 Å². The molecule has 3 N–H and O–H groups in total. The van der Waals surface area contributed by atoms with Crippen LogP contribution in [0.2, 0.25) is 0 Å². The van der Waals surface area contributed by atoms with Crippen LogP contribution in [0.5, 0.6) is 0 Å². The Balaban J connectivity index is 1.39. The highest BCUT2D eigenvalue weighted by Gasteiger charge is 2.34. The van der Waals surface area contributed by atoms with Crippen LogP contribution in [-0.4, -0.2) is 53.8 Å². The number of rotatable bonds is 11. The summed E-state index contributed by atoms with van der Waals surface area (Å²) >= 11 is 1.52. The van der Waals surface area contributed by atoms with E-state index in [-0.39, 0.29) is 12.5 Å². The second-order valence-corrected chi connectivity index (χ2v) is 9.87. The number of alkyl carbamates (subject to hydrolysis) is 1. The fraction of sp³-hybridized carbons (Fsp3) is 0.423. The Morgan fingerprint density at radius 2 is 1.62 bits per heavy atom. The molecule has 2 atom stereocenters. The molecule has 180 valence electrons. The van der Waals surface area contributed by atoms with Crippen molar-refractivity contribution in [2.24, 2.45) is 5.92 Å². The normalized spacial score (nSPS) is 16.1. The summed E-state index contributed by atoms with van der Waals surface area (Å²) in [6.07, 6.45) is 4.03. The van der Waals surface area contributed by atoms with Gasteiger partial charge in [-0.25, -0.2) is 9.59 Å². The lowest BCUT2D eigenvalue weighted by molar-refractivity contribution is -0.142. The largest absolute Gasteiger partial charge is 0.480 e. The van der Waals surface area contributed by atoms with Gasteiger partial charge in [0, 0.05) is 5.92 Å². The first-order valence-electron chi connectivity index (χ1n) is 11.6. The lowest BCUT2D eigenvalue weighted by Gasteiger charge is -2.22. The van der Waals surface area contributed by atoms with Gasteiger partial charge in [-0.05, 0) is 53.0 Å². The summed E-state index contributed by atoms with van der Waals surface area (Å²) < 4.78 is 5.59. The number of aliphatic carboxylic acids is 1. The summed E-state index contributed by atoms with van der Waals surface area (Å²) in [6.45, 7) is 0.156. The SMILES string of the molecule is CSCCC(NC(=O)[C@H](CC1CC1)NC(=O)OCC1c2ccccc2-c2ccccc21)C(=O)O. The van der Waals surface area contributed by atoms with Crippen molar-refractivity contribution in [3.05, 3.63) is 59.7 Å². The summed E-state index contributed by atoms with van der Waals surface area (Å²) in [6, 6.07) is 14.4. The maximum atomic E-state index is 12.9. The van der Waals surface area contributed by atoms with Crippen LogP contribution in [0.25, 0.3) is 11.1 Å². The van der Waals surface area contributed by atoms with Gasteiger partial charge in [0.05, 0.1) is 0 Å². The molecule has 0 radical (unpaired) electrons. The van der Waals surface area contributed by atoms with Gasteiger partial charge >= 0.3 is 12.1 Å². The van der Waals surface area contributed by atoms with Crippen LogP contribution in [0.3, 0.4) is 0 Å². The summed E-state index contributed by atoms with van der Waals surface area (Å²) in [5.74, 6) is -0.650. The van der Waals surface area contributed by atoms with Crippen molar-refractivity contribution in [3.63, 3.8) is 0 Å². The Kier molecular flexibility index (Phi) is 7.77. The number of carbonyl (C=O) groups is 3. The van der Waals surface area contributed by atoms with E-state index in [1.165, 1.54) is 11.8 Å². The molecular formula is C26H30N2O5S. The summed E-state index contributed by atoms with van der Waals surface area (Å²) in [4.78, 5) is 37.1. The van der Waals surface area contributed by atoms with E-state index in [0.29, 0.717) is 24.5 Å². The van der Waals surface area contributed by atoms with Crippen LogP contribution in [0.1, 0.15) is 42.7 Å². The third-order valence-corrected chi connectivity index (χ3v) is 7.09. The predicted octanol–water partition coefficient (Wildman–Crippen LogP) is 4.02. The zero-order valence-corrected chi connectivity index (χ0v) is 20.0. The minimum atomic E-state index is -1.08. The van der Waals surface area contributed by atoms with Crippen LogP contribution >= 0.6 is 11.8 Å². The molecule has 34 heavy (non-hydrogen) atoms. The van der Waals surface area contributed by atoms with Crippen LogP contribution in [0.4, 0.5) is 4.79 Å². The fourth-order valence-electron chi connectivity index (χ4n) is 4.47. The molecule has 0 aliphatic heterocycles. The molecule has 0 saturated heterocycles. The van der Waals surface area contributed by atoms with Crippen molar-refractivity contribution in [2.45, 2.75) is 43.7 Å². The second kappa shape index (κ2) is 11.0. The van der Waals surface area contributed by atoms with E-state index in [0.717, 1.165) is 35.1 Å². The number of thioether (sulfide) groups is 1. The highest BCUT2D eigenvalue weighted by Crippen LogP contribution is 2.44. The predicted molar refractivity (Wildman–Crippen MR) is 132 cm³/mol. The number of carboxylic acid groups (broad SMARTS) is 1. The Morgan fingerprint density at radius 3 is 2.18 bits per heavy atom. The average Bonchev–Trinajstić information content (AvgIpc) is 3.60. The molecule has 2 aromatic carbocycles. The lowest BCUT2D eigenvalue weighted by atomic mass is 9.98. The van der Waals surface area contributed by atoms with Crippen molar-refractivity contribution in [2.75, 3.05) is 18.6 Å². The van der Waals surface area contributed by atoms with Crippen molar-refractivity contribution in [3.8, 4) is 11.1 Å². The number of carbonyl (C=O) groups excluding carboxylic acids is 2. The van der Waals surface area contributed by atoms with E-state index in [4.69, 9.17) is 4.74 Å². The third-order valence-electron chi connectivity index (χ3n) is 6.44. The second-order valence-electron chi connectivity index (χ2n) is 8.88. The molecule has 4 rings (SSSR count). The molecular weight excluding hydrogens is 452 g/mol. The van der Waals surface area contributed by atoms with Gasteiger partial charge in [-0.15, -0.1) is 0 Å². The van der Waals surface area contributed by atoms with Crippen molar-refractivity contribution >= 4 is 29.7 Å². The molecule has 8 heteroatoms. The molecule has 2 amide bonds. The topological polar surface area (TPSA) is 105 Å². The fourth-order valence-corrected chi connectivity index (χ4v) is 4.94. The highest BCUT2D eigenvalue weighted by atomic mass is 32.2. The first kappa shape index (κ1) is 24.1. The maximum absolute atomic E-state index is 12.9. The van der Waals surface area contributed by atoms with Gasteiger partial charge in [0.15, 0.2) is 0 Å². The van der Waals surface area contributed by atoms with Gasteiger partial charge < -0.3 is 20.5 Å². The zero-order valence-electron chi connectivity index (χ0n) is 19.2. The monoisotopic (exact) mass is 482 g/mol. The molecule has 0 spiro atoms. The van der Waals surface area contributed by atoms with Gasteiger partial charge in [0.2, 0.25) is 5.91 Å². The molecule has 1 unspecified atom stereocenters. The van der Waals surface area contributed by atoms with Gasteiger partial charge in [-0.3, -0.25) is 4.79 Å². The number of fused-ring (bicyclic) bond motifs is 3. The standard InChI is InChI=1S/C26H30N2O5S/c1-34-13-12-22(25(30)31)27-24(29)23(14-16-10-11-16)28-26(32)33-15-21-19-8-4-2-6-17(19)18-7-3-5-9-20(18)21/h2-9,16,21-23H,10-15H2,1H3,(H,27,29)(H,28,32)(H,30,31)/t22?,23-/m0/s1. The summed E-state index contributed by atoms with van der Waals surface area (Å²) in [7, 11) is 0. The van der Waals surface area contributed by atoms with Gasteiger partial charge in [0.1, 0.15) is 18.7 Å². The van der Waals surface area contributed by atoms with Crippen molar-refractivity contribution < 1.29 is 24.2 Å². The molecule has 0 aromatic heterocycles. The summed E-state index contributed by atoms with van der Waals surface area (Å²) in [5.41, 5.74) is 4.51. The molecule has 7 nitrogen and oxygen atoms in total. The molecule has 1 saturated carbocycles. The highest BCUT2D eigenvalue weighted by molar-refractivity contribution is 7.98. The Bertz CT molecular complexity index is 1010. The van der Waals surface area contributed by atoms with E-state index >= 15 is 0 Å².